The highest BCUT2D eigenvalue weighted by atomic mass is 19.3. The first-order valence-corrected chi connectivity index (χ1v) is 5.22. The van der Waals surface area contributed by atoms with Crippen molar-refractivity contribution in [1.82, 2.24) is 0 Å². The molecule has 0 aliphatic carbocycles. The molecule has 1 aliphatic heterocycles. The fourth-order valence-electron chi connectivity index (χ4n) is 1.99. The third kappa shape index (κ3) is 2.15. The van der Waals surface area contributed by atoms with Gasteiger partial charge in [-0.1, -0.05) is 6.07 Å². The number of rotatable bonds is 2. The van der Waals surface area contributed by atoms with E-state index in [4.69, 9.17) is 11.5 Å². The number of anilines is 2. The summed E-state index contributed by atoms with van der Waals surface area (Å²) < 4.78 is 26.2. The van der Waals surface area contributed by atoms with E-state index in [1.165, 1.54) is 11.0 Å². The maximum atomic E-state index is 13.1. The molecule has 0 spiro atoms. The van der Waals surface area contributed by atoms with Gasteiger partial charge in [-0.3, -0.25) is 4.79 Å². The van der Waals surface area contributed by atoms with E-state index in [1.54, 1.807) is 12.1 Å². The average Bonchev–Trinajstić information content (AvgIpc) is 2.58. The first-order valence-electron chi connectivity index (χ1n) is 5.22. The van der Waals surface area contributed by atoms with Gasteiger partial charge in [-0.25, -0.2) is 8.78 Å². The molecule has 92 valence electrons. The standard InChI is InChI=1S/C11H13F2N3O/c12-11(13)4-5-16(6-11)8-3-1-2-7(9(8)14)10(15)17/h1-3H,4-6,14H2,(H2,15,17). The number of carbonyl (C=O) groups is 1. The molecule has 1 heterocycles. The Bertz CT molecular complexity index is 462. The first kappa shape index (κ1) is 11.6. The lowest BCUT2D eigenvalue weighted by molar-refractivity contribution is 0.0257. The molecule has 1 aromatic rings. The van der Waals surface area contributed by atoms with Gasteiger partial charge in [0.25, 0.3) is 11.8 Å². The predicted octanol–water partition coefficient (Wildman–Crippen LogP) is 1.21. The molecule has 4 nitrogen and oxygen atoms in total. The Kier molecular flexibility index (Phi) is 2.65. The number of primary amides is 1. The Morgan fingerprint density at radius 3 is 2.65 bits per heavy atom. The number of hydrogen-bond donors (Lipinski definition) is 2. The smallest absolute Gasteiger partial charge is 0.266 e. The van der Waals surface area contributed by atoms with E-state index in [1.807, 2.05) is 0 Å². The van der Waals surface area contributed by atoms with Crippen LogP contribution in [0.4, 0.5) is 20.2 Å². The number of halogens is 2. The number of hydrogen-bond acceptors (Lipinski definition) is 3. The van der Waals surface area contributed by atoms with E-state index in [0.29, 0.717) is 5.69 Å². The number of para-hydroxylation sites is 1. The molecule has 1 aromatic carbocycles. The minimum Gasteiger partial charge on any atom is -0.396 e. The van der Waals surface area contributed by atoms with Crippen molar-refractivity contribution in [3.63, 3.8) is 0 Å². The van der Waals surface area contributed by atoms with Gasteiger partial charge in [-0.05, 0) is 12.1 Å². The van der Waals surface area contributed by atoms with E-state index in [0.717, 1.165) is 0 Å². The van der Waals surface area contributed by atoms with Crippen molar-refractivity contribution in [3.05, 3.63) is 23.8 Å². The normalized spacial score (nSPS) is 18.4. The molecule has 1 aliphatic rings. The van der Waals surface area contributed by atoms with Crippen LogP contribution < -0.4 is 16.4 Å². The summed E-state index contributed by atoms with van der Waals surface area (Å²) in [6.07, 6.45) is -0.201. The Labute approximate surface area is 97.2 Å². The average molecular weight is 241 g/mol. The Hall–Kier alpha value is -1.85. The maximum Gasteiger partial charge on any atom is 0.266 e. The molecular weight excluding hydrogens is 228 g/mol. The number of alkyl halides is 2. The van der Waals surface area contributed by atoms with Gasteiger partial charge in [-0.2, -0.15) is 0 Å². The molecule has 1 amide bonds. The molecule has 6 heteroatoms. The molecule has 2 rings (SSSR count). The Balaban J connectivity index is 2.34. The highest BCUT2D eigenvalue weighted by molar-refractivity contribution is 6.00. The van der Waals surface area contributed by atoms with Crippen molar-refractivity contribution in [1.29, 1.82) is 0 Å². The summed E-state index contributed by atoms with van der Waals surface area (Å²) in [6.45, 7) is -0.154. The predicted molar refractivity (Wildman–Crippen MR) is 61.1 cm³/mol. The minimum absolute atomic E-state index is 0.165. The van der Waals surface area contributed by atoms with E-state index < -0.39 is 11.8 Å². The van der Waals surface area contributed by atoms with Gasteiger partial charge in [0.05, 0.1) is 23.5 Å². The zero-order valence-corrected chi connectivity index (χ0v) is 9.12. The summed E-state index contributed by atoms with van der Waals surface area (Å²) in [5.41, 5.74) is 11.7. The number of nitrogens with two attached hydrogens (primary N) is 2. The second-order valence-corrected chi connectivity index (χ2v) is 4.13. The number of nitrogen functional groups attached to an aromatic ring is 1. The summed E-state index contributed by atoms with van der Waals surface area (Å²) in [6, 6.07) is 4.68. The van der Waals surface area contributed by atoms with E-state index in [2.05, 4.69) is 0 Å². The second-order valence-electron chi connectivity index (χ2n) is 4.13. The molecule has 0 atom stereocenters. The van der Waals surface area contributed by atoms with Crippen molar-refractivity contribution in [3.8, 4) is 0 Å². The van der Waals surface area contributed by atoms with Crippen LogP contribution in [0.15, 0.2) is 18.2 Å². The van der Waals surface area contributed by atoms with Crippen LogP contribution in [0, 0.1) is 0 Å². The molecule has 0 bridgehead atoms. The molecule has 0 saturated carbocycles. The lowest BCUT2D eigenvalue weighted by Gasteiger charge is -2.21. The van der Waals surface area contributed by atoms with Crippen LogP contribution in [0.1, 0.15) is 16.8 Å². The number of benzene rings is 1. The maximum absolute atomic E-state index is 13.1. The van der Waals surface area contributed by atoms with Crippen molar-refractivity contribution in [2.75, 3.05) is 23.7 Å². The highest BCUT2D eigenvalue weighted by Crippen LogP contribution is 2.34. The number of carbonyl (C=O) groups excluding carboxylic acids is 1. The van der Waals surface area contributed by atoms with E-state index >= 15 is 0 Å². The third-order valence-corrected chi connectivity index (χ3v) is 2.86. The molecule has 1 fully saturated rings. The number of amides is 1. The minimum atomic E-state index is -2.70. The number of nitrogens with zero attached hydrogens (tertiary/aromatic N) is 1. The Morgan fingerprint density at radius 2 is 2.12 bits per heavy atom. The van der Waals surface area contributed by atoms with Crippen LogP contribution >= 0.6 is 0 Å². The lowest BCUT2D eigenvalue weighted by atomic mass is 10.1. The molecule has 17 heavy (non-hydrogen) atoms. The van der Waals surface area contributed by atoms with Crippen LogP contribution in [0.5, 0.6) is 0 Å². The third-order valence-electron chi connectivity index (χ3n) is 2.86. The first-order chi connectivity index (χ1) is 7.91. The van der Waals surface area contributed by atoms with Gasteiger partial charge in [0.2, 0.25) is 0 Å². The lowest BCUT2D eigenvalue weighted by Crippen LogP contribution is -2.26. The molecule has 0 unspecified atom stereocenters. The van der Waals surface area contributed by atoms with Crippen LogP contribution in [0.25, 0.3) is 0 Å². The second kappa shape index (κ2) is 3.87. The van der Waals surface area contributed by atoms with Crippen LogP contribution in [-0.2, 0) is 0 Å². The van der Waals surface area contributed by atoms with Crippen molar-refractivity contribution in [2.24, 2.45) is 5.73 Å². The zero-order valence-electron chi connectivity index (χ0n) is 9.12. The van der Waals surface area contributed by atoms with Gasteiger partial charge >= 0.3 is 0 Å². The summed E-state index contributed by atoms with van der Waals surface area (Å²) >= 11 is 0. The largest absolute Gasteiger partial charge is 0.396 e. The SMILES string of the molecule is NC(=O)c1cccc(N2CCC(F)(F)C2)c1N. The van der Waals surface area contributed by atoms with Crippen molar-refractivity contribution < 1.29 is 13.6 Å². The van der Waals surface area contributed by atoms with Crippen LogP contribution in [-0.4, -0.2) is 24.9 Å². The molecule has 0 aromatic heterocycles. The molecule has 1 saturated heterocycles. The van der Waals surface area contributed by atoms with Gasteiger partial charge < -0.3 is 16.4 Å². The molecular formula is C11H13F2N3O. The summed E-state index contributed by atoms with van der Waals surface area (Å²) in [5, 5.41) is 0. The van der Waals surface area contributed by atoms with Gasteiger partial charge in [0.1, 0.15) is 0 Å². The Morgan fingerprint density at radius 1 is 1.41 bits per heavy atom. The van der Waals surface area contributed by atoms with Gasteiger partial charge in [0, 0.05) is 13.0 Å². The monoisotopic (exact) mass is 241 g/mol. The quantitative estimate of drug-likeness (QED) is 0.764. The van der Waals surface area contributed by atoms with E-state index in [9.17, 15) is 13.6 Å². The molecule has 4 N–H and O–H groups in total. The fourth-order valence-corrected chi connectivity index (χ4v) is 1.99. The van der Waals surface area contributed by atoms with Crippen LogP contribution in [0.2, 0.25) is 0 Å². The van der Waals surface area contributed by atoms with Crippen molar-refractivity contribution in [2.45, 2.75) is 12.3 Å². The topological polar surface area (TPSA) is 72.4 Å². The summed E-state index contributed by atoms with van der Waals surface area (Å²) in [4.78, 5) is 12.6. The fraction of sp³-hybridized carbons (Fsp3) is 0.364. The summed E-state index contributed by atoms with van der Waals surface area (Å²) in [5.74, 6) is -3.36. The van der Waals surface area contributed by atoms with Gasteiger partial charge in [-0.15, -0.1) is 0 Å². The molecule has 0 radical (unpaired) electrons. The van der Waals surface area contributed by atoms with Crippen LogP contribution in [0.3, 0.4) is 0 Å². The van der Waals surface area contributed by atoms with Gasteiger partial charge in [0.15, 0.2) is 0 Å². The van der Waals surface area contributed by atoms with E-state index in [-0.39, 0.29) is 30.8 Å². The zero-order chi connectivity index (χ0) is 12.6. The highest BCUT2D eigenvalue weighted by Gasteiger charge is 2.38. The summed E-state index contributed by atoms with van der Waals surface area (Å²) in [7, 11) is 0. The van der Waals surface area contributed by atoms with Crippen molar-refractivity contribution >= 4 is 17.3 Å².